The number of anilines is 3. The number of benzene rings is 4. The SMILES string of the molecule is N#CC(=Cc1ccc(-c2ccc(C=Cc3ccc(N(c4ccccc4)c4ccccc4)cc3)s2)cc1)C(=O)O. The molecule has 0 atom stereocenters. The molecule has 39 heavy (non-hydrogen) atoms. The standard InChI is InChI=1S/C34H24N2O2S/c35-24-28(34(37)38)23-26-11-16-27(17-12-26)33-22-21-32(39-33)20-15-25-13-18-31(19-14-25)36(29-7-3-1-4-8-29)30-9-5-2-6-10-30/h1-23H,(H,37,38). The Hall–Kier alpha value is -5.18. The zero-order chi connectivity index (χ0) is 27.0. The summed E-state index contributed by atoms with van der Waals surface area (Å²) in [6.07, 6.45) is 5.59. The molecule has 5 rings (SSSR count). The average molecular weight is 525 g/mol. The number of carboxylic acids is 1. The fourth-order valence-corrected chi connectivity index (χ4v) is 5.08. The maximum Gasteiger partial charge on any atom is 0.346 e. The number of nitrogens with zero attached hydrogens (tertiary/aromatic N) is 2. The molecule has 1 heterocycles. The minimum atomic E-state index is -1.23. The van der Waals surface area contributed by atoms with E-state index in [4.69, 9.17) is 10.4 Å². The monoisotopic (exact) mass is 524 g/mol. The van der Waals surface area contributed by atoms with Crippen LogP contribution in [0, 0.1) is 11.3 Å². The van der Waals surface area contributed by atoms with Crippen LogP contribution >= 0.6 is 11.3 Å². The zero-order valence-electron chi connectivity index (χ0n) is 20.9. The molecule has 0 bridgehead atoms. The molecule has 1 N–H and O–H groups in total. The van der Waals surface area contributed by atoms with Gasteiger partial charge in [-0.05, 0) is 77.4 Å². The predicted octanol–water partition coefficient (Wildman–Crippen LogP) is 9.05. The second-order valence-electron chi connectivity index (χ2n) is 8.73. The molecule has 1 aromatic heterocycles. The van der Waals surface area contributed by atoms with Crippen LogP contribution in [0.4, 0.5) is 17.1 Å². The Morgan fingerprint density at radius 3 is 1.82 bits per heavy atom. The van der Waals surface area contributed by atoms with E-state index >= 15 is 0 Å². The maximum absolute atomic E-state index is 11.1. The highest BCUT2D eigenvalue weighted by molar-refractivity contribution is 7.16. The van der Waals surface area contributed by atoms with Gasteiger partial charge in [-0.25, -0.2) is 4.79 Å². The van der Waals surface area contributed by atoms with Gasteiger partial charge >= 0.3 is 5.97 Å². The summed E-state index contributed by atoms with van der Waals surface area (Å²) in [5.41, 5.74) is 5.84. The fourth-order valence-electron chi connectivity index (χ4n) is 4.16. The van der Waals surface area contributed by atoms with Gasteiger partial charge in [0.2, 0.25) is 0 Å². The number of rotatable bonds is 8. The minimum absolute atomic E-state index is 0.285. The van der Waals surface area contributed by atoms with Crippen LogP contribution in [0.1, 0.15) is 16.0 Å². The number of aliphatic carboxylic acids is 1. The lowest BCUT2D eigenvalue weighted by Gasteiger charge is -2.25. The Bertz CT molecular complexity index is 1620. The molecule has 0 saturated heterocycles. The normalized spacial score (nSPS) is 11.3. The summed E-state index contributed by atoms with van der Waals surface area (Å²) >= 11 is 1.68. The van der Waals surface area contributed by atoms with Crippen molar-refractivity contribution in [3.8, 4) is 16.5 Å². The van der Waals surface area contributed by atoms with Crippen molar-refractivity contribution < 1.29 is 9.90 Å². The number of hydrogen-bond donors (Lipinski definition) is 1. The molecule has 4 nitrogen and oxygen atoms in total. The van der Waals surface area contributed by atoms with Crippen molar-refractivity contribution in [2.24, 2.45) is 0 Å². The third-order valence-electron chi connectivity index (χ3n) is 6.10. The quantitative estimate of drug-likeness (QED) is 0.162. The Balaban J connectivity index is 1.31. The number of thiophene rings is 1. The summed E-state index contributed by atoms with van der Waals surface area (Å²) in [5, 5.41) is 18.0. The molecule has 0 aliphatic rings. The molecule has 0 aliphatic carbocycles. The molecule has 0 amide bonds. The molecule has 0 fully saturated rings. The van der Waals surface area contributed by atoms with E-state index < -0.39 is 5.97 Å². The summed E-state index contributed by atoms with van der Waals surface area (Å²) in [5.74, 6) is -1.23. The molecule has 5 heteroatoms. The molecule has 0 radical (unpaired) electrons. The summed E-state index contributed by atoms with van der Waals surface area (Å²) < 4.78 is 0. The number of nitriles is 1. The number of para-hydroxylation sites is 2. The highest BCUT2D eigenvalue weighted by Crippen LogP contribution is 2.34. The van der Waals surface area contributed by atoms with Crippen LogP contribution < -0.4 is 4.90 Å². The van der Waals surface area contributed by atoms with Crippen LogP contribution in [0.3, 0.4) is 0 Å². The zero-order valence-corrected chi connectivity index (χ0v) is 21.8. The first-order valence-electron chi connectivity index (χ1n) is 12.3. The molecule has 0 saturated carbocycles. The van der Waals surface area contributed by atoms with Crippen molar-refractivity contribution in [3.05, 3.63) is 143 Å². The summed E-state index contributed by atoms with van der Waals surface area (Å²) in [7, 11) is 0. The fraction of sp³-hybridized carbons (Fsp3) is 0. The van der Waals surface area contributed by atoms with Gasteiger partial charge in [-0.2, -0.15) is 5.26 Å². The average Bonchev–Trinajstić information content (AvgIpc) is 3.46. The summed E-state index contributed by atoms with van der Waals surface area (Å²) in [6.45, 7) is 0. The van der Waals surface area contributed by atoms with Crippen LogP contribution in [0.15, 0.2) is 127 Å². The molecule has 188 valence electrons. The Labute approximate surface area is 231 Å². The van der Waals surface area contributed by atoms with E-state index in [0.717, 1.165) is 37.9 Å². The lowest BCUT2D eigenvalue weighted by Crippen LogP contribution is -2.09. The topological polar surface area (TPSA) is 64.3 Å². The van der Waals surface area contributed by atoms with E-state index in [-0.39, 0.29) is 5.57 Å². The van der Waals surface area contributed by atoms with Gasteiger partial charge in [-0.1, -0.05) is 78.9 Å². The molecule has 0 aliphatic heterocycles. The highest BCUT2D eigenvalue weighted by Gasteiger charge is 2.11. The lowest BCUT2D eigenvalue weighted by atomic mass is 10.1. The second-order valence-corrected chi connectivity index (χ2v) is 9.85. The first-order chi connectivity index (χ1) is 19.1. The highest BCUT2D eigenvalue weighted by atomic mass is 32.1. The summed E-state index contributed by atoms with van der Waals surface area (Å²) in [6, 6.07) is 42.6. The molecule has 0 spiro atoms. The lowest BCUT2D eigenvalue weighted by molar-refractivity contribution is -0.132. The summed E-state index contributed by atoms with van der Waals surface area (Å²) in [4.78, 5) is 15.5. The van der Waals surface area contributed by atoms with E-state index in [2.05, 4.69) is 77.7 Å². The van der Waals surface area contributed by atoms with Crippen molar-refractivity contribution in [2.75, 3.05) is 4.90 Å². The van der Waals surface area contributed by atoms with Gasteiger partial charge in [0.05, 0.1) is 0 Å². The molecule has 4 aromatic carbocycles. The Morgan fingerprint density at radius 2 is 1.26 bits per heavy atom. The van der Waals surface area contributed by atoms with Crippen molar-refractivity contribution in [3.63, 3.8) is 0 Å². The third kappa shape index (κ3) is 6.22. The number of carboxylic acid groups (broad SMARTS) is 1. The smallest absolute Gasteiger partial charge is 0.346 e. The van der Waals surface area contributed by atoms with E-state index in [1.54, 1.807) is 17.4 Å². The molecular weight excluding hydrogens is 500 g/mol. The van der Waals surface area contributed by atoms with Crippen molar-refractivity contribution in [1.29, 1.82) is 5.26 Å². The molecule has 5 aromatic rings. The minimum Gasteiger partial charge on any atom is -0.477 e. The molecule has 0 unspecified atom stereocenters. The number of hydrogen-bond acceptors (Lipinski definition) is 4. The van der Waals surface area contributed by atoms with Crippen LogP contribution in [-0.2, 0) is 4.79 Å². The maximum atomic E-state index is 11.1. The van der Waals surface area contributed by atoms with Gasteiger partial charge in [0, 0.05) is 26.8 Å². The van der Waals surface area contributed by atoms with Crippen LogP contribution in [-0.4, -0.2) is 11.1 Å². The van der Waals surface area contributed by atoms with Crippen LogP contribution in [0.25, 0.3) is 28.7 Å². The van der Waals surface area contributed by atoms with Gasteiger partial charge in [0.1, 0.15) is 11.6 Å². The van der Waals surface area contributed by atoms with Gasteiger partial charge in [-0.3, -0.25) is 0 Å². The molecular formula is C34H24N2O2S. The predicted molar refractivity (Wildman–Crippen MR) is 161 cm³/mol. The van der Waals surface area contributed by atoms with Gasteiger partial charge in [0.15, 0.2) is 0 Å². The van der Waals surface area contributed by atoms with E-state index in [9.17, 15) is 4.79 Å². The Morgan fingerprint density at radius 1 is 0.692 bits per heavy atom. The third-order valence-corrected chi connectivity index (χ3v) is 7.20. The Kier molecular flexibility index (Phi) is 7.78. The van der Waals surface area contributed by atoms with E-state index in [1.807, 2.05) is 60.7 Å². The first-order valence-corrected chi connectivity index (χ1v) is 13.2. The number of carbonyl (C=O) groups is 1. The van der Waals surface area contributed by atoms with Gasteiger partial charge in [-0.15, -0.1) is 11.3 Å². The van der Waals surface area contributed by atoms with Crippen LogP contribution in [0.2, 0.25) is 0 Å². The van der Waals surface area contributed by atoms with E-state index in [1.165, 1.54) is 6.08 Å². The largest absolute Gasteiger partial charge is 0.477 e. The van der Waals surface area contributed by atoms with Gasteiger partial charge < -0.3 is 10.0 Å². The van der Waals surface area contributed by atoms with Crippen molar-refractivity contribution >= 4 is 52.6 Å². The van der Waals surface area contributed by atoms with Crippen molar-refractivity contribution in [1.82, 2.24) is 0 Å². The van der Waals surface area contributed by atoms with E-state index in [0.29, 0.717) is 5.56 Å². The first kappa shape index (κ1) is 25.5. The van der Waals surface area contributed by atoms with Crippen LogP contribution in [0.5, 0.6) is 0 Å². The van der Waals surface area contributed by atoms with Crippen molar-refractivity contribution in [2.45, 2.75) is 0 Å². The van der Waals surface area contributed by atoms with Gasteiger partial charge in [0.25, 0.3) is 0 Å². The second kappa shape index (κ2) is 11.9.